The molecule has 0 saturated heterocycles. The van der Waals surface area contributed by atoms with E-state index in [0.717, 1.165) is 6.42 Å². The van der Waals surface area contributed by atoms with Gasteiger partial charge in [0.05, 0.1) is 0 Å². The van der Waals surface area contributed by atoms with E-state index in [1.807, 2.05) is 25.1 Å². The van der Waals surface area contributed by atoms with E-state index in [4.69, 9.17) is 0 Å². The molecule has 1 rings (SSSR count). The summed E-state index contributed by atoms with van der Waals surface area (Å²) in [4.78, 5) is 22.1. The molecule has 0 aliphatic heterocycles. The molecule has 4 heteroatoms. The van der Waals surface area contributed by atoms with Gasteiger partial charge in [0.25, 0.3) is 0 Å². The molecular weight excluding hydrogens is 228 g/mol. The number of carbonyl (C=O) groups is 2. The molecule has 1 aromatic carbocycles. The number of benzene rings is 1. The van der Waals surface area contributed by atoms with E-state index in [-0.39, 0.29) is 11.8 Å². The number of aryl methyl sites for hydroxylation is 2. The van der Waals surface area contributed by atoms with E-state index < -0.39 is 0 Å². The second-order valence-corrected chi connectivity index (χ2v) is 4.32. The lowest BCUT2D eigenvalue weighted by Gasteiger charge is -2.06. The Bertz CT molecular complexity index is 416. The smallest absolute Gasteiger partial charge is 0.220 e. The van der Waals surface area contributed by atoms with Crippen molar-refractivity contribution in [2.45, 2.75) is 26.7 Å². The van der Waals surface area contributed by atoms with E-state index in [9.17, 15) is 9.59 Å². The van der Waals surface area contributed by atoms with Gasteiger partial charge in [-0.25, -0.2) is 0 Å². The number of carbonyl (C=O) groups excluding carboxylic acids is 2. The van der Waals surface area contributed by atoms with E-state index in [0.29, 0.717) is 19.5 Å². The maximum atomic E-state index is 11.5. The summed E-state index contributed by atoms with van der Waals surface area (Å²) in [5.41, 5.74) is 2.38. The molecule has 0 unspecified atom stereocenters. The Labute approximate surface area is 108 Å². The number of nitrogens with one attached hydrogen (secondary N) is 2. The van der Waals surface area contributed by atoms with Gasteiger partial charge in [-0.15, -0.1) is 0 Å². The first-order chi connectivity index (χ1) is 8.58. The fourth-order valence-corrected chi connectivity index (χ4v) is 1.65. The van der Waals surface area contributed by atoms with Crippen LogP contribution in [0.4, 0.5) is 0 Å². The number of hydrogen-bond acceptors (Lipinski definition) is 2. The number of rotatable bonds is 6. The lowest BCUT2D eigenvalue weighted by Crippen LogP contribution is -2.33. The average Bonchev–Trinajstić information content (AvgIpc) is 2.32. The fraction of sp³-hybridized carbons (Fsp3) is 0.429. The number of amides is 2. The minimum absolute atomic E-state index is 0.0156. The van der Waals surface area contributed by atoms with E-state index in [1.54, 1.807) is 0 Å². The standard InChI is InChI=1S/C14H20N2O2/c1-11-4-3-5-13(10-11)6-7-14(18)16-9-8-15-12(2)17/h3-5,10H,6-9H2,1-2H3,(H,15,17)(H,16,18). The van der Waals surface area contributed by atoms with Gasteiger partial charge in [0.2, 0.25) is 11.8 Å². The van der Waals surface area contributed by atoms with E-state index in [1.165, 1.54) is 18.1 Å². The molecule has 4 nitrogen and oxygen atoms in total. The molecule has 0 heterocycles. The van der Waals surface area contributed by atoms with Crippen molar-refractivity contribution >= 4 is 11.8 Å². The summed E-state index contributed by atoms with van der Waals surface area (Å²) < 4.78 is 0. The highest BCUT2D eigenvalue weighted by Crippen LogP contribution is 2.06. The molecule has 0 aliphatic rings. The second kappa shape index (κ2) is 7.48. The van der Waals surface area contributed by atoms with Crippen LogP contribution in [0.5, 0.6) is 0 Å². The average molecular weight is 248 g/mol. The van der Waals surface area contributed by atoms with Gasteiger partial charge in [-0.2, -0.15) is 0 Å². The van der Waals surface area contributed by atoms with Crippen molar-refractivity contribution in [3.8, 4) is 0 Å². The Balaban J connectivity index is 2.19. The van der Waals surface area contributed by atoms with Crippen LogP contribution in [0, 0.1) is 6.92 Å². The van der Waals surface area contributed by atoms with Crippen LogP contribution in [-0.4, -0.2) is 24.9 Å². The van der Waals surface area contributed by atoms with Gasteiger partial charge in [0.15, 0.2) is 0 Å². The largest absolute Gasteiger partial charge is 0.355 e. The van der Waals surface area contributed by atoms with Crippen molar-refractivity contribution in [2.75, 3.05) is 13.1 Å². The summed E-state index contributed by atoms with van der Waals surface area (Å²) in [5, 5.41) is 5.40. The van der Waals surface area contributed by atoms with Gasteiger partial charge in [0.1, 0.15) is 0 Å². The van der Waals surface area contributed by atoms with Crippen molar-refractivity contribution in [2.24, 2.45) is 0 Å². The molecule has 2 amide bonds. The molecule has 18 heavy (non-hydrogen) atoms. The summed E-state index contributed by atoms with van der Waals surface area (Å²) in [5.74, 6) is -0.0640. The quantitative estimate of drug-likeness (QED) is 0.743. The lowest BCUT2D eigenvalue weighted by atomic mass is 10.1. The molecule has 1 aromatic rings. The maximum absolute atomic E-state index is 11.5. The van der Waals surface area contributed by atoms with Crippen LogP contribution in [0.2, 0.25) is 0 Å². The SMILES string of the molecule is CC(=O)NCCNC(=O)CCc1cccc(C)c1. The Morgan fingerprint density at radius 2 is 1.89 bits per heavy atom. The zero-order valence-electron chi connectivity index (χ0n) is 11.0. The van der Waals surface area contributed by atoms with E-state index >= 15 is 0 Å². The topological polar surface area (TPSA) is 58.2 Å². The highest BCUT2D eigenvalue weighted by atomic mass is 16.2. The summed E-state index contributed by atoms with van der Waals surface area (Å²) in [6, 6.07) is 8.15. The summed E-state index contributed by atoms with van der Waals surface area (Å²) in [6.07, 6.45) is 1.22. The minimum atomic E-state index is -0.0796. The molecule has 2 N–H and O–H groups in total. The molecule has 0 radical (unpaired) electrons. The Kier molecular flexibility index (Phi) is 5.91. The highest BCUT2D eigenvalue weighted by molar-refractivity contribution is 5.76. The zero-order valence-corrected chi connectivity index (χ0v) is 11.0. The van der Waals surface area contributed by atoms with E-state index in [2.05, 4.69) is 16.7 Å². The summed E-state index contributed by atoms with van der Waals surface area (Å²) in [6.45, 7) is 4.45. The van der Waals surface area contributed by atoms with Gasteiger partial charge in [-0.1, -0.05) is 29.8 Å². The molecule has 0 fully saturated rings. The Morgan fingerprint density at radius 1 is 1.17 bits per heavy atom. The third kappa shape index (κ3) is 6.03. The maximum Gasteiger partial charge on any atom is 0.220 e. The third-order valence-electron chi connectivity index (χ3n) is 2.54. The van der Waals surface area contributed by atoms with Crippen LogP contribution in [0.1, 0.15) is 24.5 Å². The minimum Gasteiger partial charge on any atom is -0.355 e. The molecule has 98 valence electrons. The van der Waals surface area contributed by atoms with Crippen molar-refractivity contribution in [1.29, 1.82) is 0 Å². The van der Waals surface area contributed by atoms with Crippen LogP contribution in [0.15, 0.2) is 24.3 Å². The summed E-state index contributed by atoms with van der Waals surface area (Å²) >= 11 is 0. The van der Waals surface area contributed by atoms with Crippen LogP contribution in [0.25, 0.3) is 0 Å². The lowest BCUT2D eigenvalue weighted by molar-refractivity contribution is -0.122. The van der Waals surface area contributed by atoms with Crippen LogP contribution in [0.3, 0.4) is 0 Å². The van der Waals surface area contributed by atoms with Gasteiger partial charge < -0.3 is 10.6 Å². The molecule has 0 aromatic heterocycles. The van der Waals surface area contributed by atoms with Crippen molar-refractivity contribution in [3.63, 3.8) is 0 Å². The highest BCUT2D eigenvalue weighted by Gasteiger charge is 2.02. The van der Waals surface area contributed by atoms with Crippen molar-refractivity contribution < 1.29 is 9.59 Å². The normalized spacial score (nSPS) is 9.89. The Morgan fingerprint density at radius 3 is 2.56 bits per heavy atom. The molecule has 0 spiro atoms. The monoisotopic (exact) mass is 248 g/mol. The molecule has 0 saturated carbocycles. The predicted molar refractivity (Wildman–Crippen MR) is 71.2 cm³/mol. The first-order valence-corrected chi connectivity index (χ1v) is 6.14. The Hall–Kier alpha value is -1.84. The zero-order chi connectivity index (χ0) is 13.4. The van der Waals surface area contributed by atoms with Crippen molar-refractivity contribution in [3.05, 3.63) is 35.4 Å². The molecule has 0 atom stereocenters. The third-order valence-corrected chi connectivity index (χ3v) is 2.54. The molecule has 0 bridgehead atoms. The first kappa shape index (κ1) is 14.2. The van der Waals surface area contributed by atoms with Gasteiger partial charge >= 0.3 is 0 Å². The summed E-state index contributed by atoms with van der Waals surface area (Å²) in [7, 11) is 0. The van der Waals surface area contributed by atoms with Crippen LogP contribution in [-0.2, 0) is 16.0 Å². The predicted octanol–water partition coefficient (Wildman–Crippen LogP) is 1.18. The van der Waals surface area contributed by atoms with Gasteiger partial charge in [0, 0.05) is 26.4 Å². The van der Waals surface area contributed by atoms with Gasteiger partial charge in [-0.3, -0.25) is 9.59 Å². The molecular formula is C14H20N2O2. The number of hydrogen-bond donors (Lipinski definition) is 2. The van der Waals surface area contributed by atoms with Crippen LogP contribution >= 0.6 is 0 Å². The van der Waals surface area contributed by atoms with Crippen LogP contribution < -0.4 is 10.6 Å². The van der Waals surface area contributed by atoms with Crippen molar-refractivity contribution in [1.82, 2.24) is 10.6 Å². The first-order valence-electron chi connectivity index (χ1n) is 6.14. The van der Waals surface area contributed by atoms with Gasteiger partial charge in [-0.05, 0) is 18.9 Å². The second-order valence-electron chi connectivity index (χ2n) is 4.32. The fourth-order valence-electron chi connectivity index (χ4n) is 1.65. The molecule has 0 aliphatic carbocycles.